The van der Waals surface area contributed by atoms with Gasteiger partial charge in [0.15, 0.2) is 0 Å². The highest BCUT2D eigenvalue weighted by atomic mass is 16.2. The van der Waals surface area contributed by atoms with Crippen LogP contribution in [0, 0.1) is 0 Å². The zero-order valence-electron chi connectivity index (χ0n) is 21.6. The van der Waals surface area contributed by atoms with Gasteiger partial charge >= 0.3 is 0 Å². The fraction of sp³-hybridized carbons (Fsp3) is 0.226. The molecule has 0 radical (unpaired) electrons. The van der Waals surface area contributed by atoms with Crippen LogP contribution in [0.3, 0.4) is 0 Å². The molecule has 0 atom stereocenters. The van der Waals surface area contributed by atoms with Crippen molar-refractivity contribution in [2.75, 3.05) is 39.3 Å². The quantitative estimate of drug-likeness (QED) is 0.243. The van der Waals surface area contributed by atoms with Crippen molar-refractivity contribution in [2.45, 2.75) is 6.42 Å². The second-order valence-electron chi connectivity index (χ2n) is 10.0. The fourth-order valence-corrected chi connectivity index (χ4v) is 5.70. The van der Waals surface area contributed by atoms with Gasteiger partial charge in [0, 0.05) is 39.4 Å². The Morgan fingerprint density at radius 3 is 1.13 bits per heavy atom. The van der Waals surface area contributed by atoms with Crippen molar-refractivity contribution in [1.82, 2.24) is 9.80 Å². The molecule has 0 unspecified atom stereocenters. The summed E-state index contributed by atoms with van der Waals surface area (Å²) in [6, 6.07) is 22.3. The van der Waals surface area contributed by atoms with E-state index in [2.05, 4.69) is 10.6 Å². The lowest BCUT2D eigenvalue weighted by Gasteiger charge is -2.26. The third-order valence-electron chi connectivity index (χ3n) is 7.64. The predicted octanol–water partition coefficient (Wildman–Crippen LogP) is 1.40. The van der Waals surface area contributed by atoms with E-state index in [0.29, 0.717) is 48.4 Å². The number of rotatable bonds is 10. The third kappa shape index (κ3) is 4.37. The van der Waals surface area contributed by atoms with Crippen LogP contribution in [-0.2, 0) is 0 Å². The molecular weight excluding hydrogens is 492 g/mol. The van der Waals surface area contributed by atoms with Gasteiger partial charge < -0.3 is 10.6 Å². The van der Waals surface area contributed by atoms with Crippen molar-refractivity contribution < 1.29 is 29.8 Å². The van der Waals surface area contributed by atoms with Crippen LogP contribution in [0.5, 0.6) is 0 Å². The second-order valence-corrected chi connectivity index (χ2v) is 10.0. The molecule has 4 aromatic rings. The standard InChI is InChI=1S/C31H28N4O4/c36-28-22-10-1-6-20-7-2-11-23(26(20)22)29(37)34(28)18-16-32-14-5-15-33-17-19-35-30(38)24-12-3-8-21-9-4-13-25(27(21)24)31(35)39/h1-4,6-13,32-33H,5,14-19H2/p+2. The van der Waals surface area contributed by atoms with Crippen LogP contribution in [0.2, 0.25) is 0 Å². The number of quaternary nitrogens is 2. The average Bonchev–Trinajstić information content (AvgIpc) is 2.96. The Bertz CT molecular complexity index is 1420. The number of hydrogen-bond acceptors (Lipinski definition) is 4. The zero-order chi connectivity index (χ0) is 26.9. The van der Waals surface area contributed by atoms with E-state index in [9.17, 15) is 19.2 Å². The molecule has 6 rings (SSSR count). The number of nitrogens with zero attached hydrogens (tertiary/aromatic N) is 2. The highest BCUT2D eigenvalue weighted by Gasteiger charge is 2.33. The van der Waals surface area contributed by atoms with Gasteiger partial charge in [-0.15, -0.1) is 0 Å². The largest absolute Gasteiger partial charge is 0.345 e. The average molecular weight is 523 g/mol. The Hall–Kier alpha value is -4.40. The van der Waals surface area contributed by atoms with Crippen LogP contribution in [0.1, 0.15) is 47.9 Å². The monoisotopic (exact) mass is 522 g/mol. The number of carbonyl (C=O) groups excluding carboxylic acids is 4. The van der Waals surface area contributed by atoms with Crippen molar-refractivity contribution in [1.29, 1.82) is 0 Å². The zero-order valence-corrected chi connectivity index (χ0v) is 21.6. The summed E-state index contributed by atoms with van der Waals surface area (Å²) in [5, 5.41) is 7.55. The van der Waals surface area contributed by atoms with Gasteiger partial charge in [0.05, 0.1) is 39.3 Å². The van der Waals surface area contributed by atoms with Crippen LogP contribution in [0.15, 0.2) is 72.8 Å². The van der Waals surface area contributed by atoms with E-state index in [1.165, 1.54) is 9.80 Å². The van der Waals surface area contributed by atoms with Crippen molar-refractivity contribution in [3.8, 4) is 0 Å². The molecule has 0 aliphatic carbocycles. The van der Waals surface area contributed by atoms with E-state index < -0.39 is 0 Å². The van der Waals surface area contributed by atoms with Crippen molar-refractivity contribution in [2.24, 2.45) is 0 Å². The maximum absolute atomic E-state index is 13.0. The molecule has 0 fully saturated rings. The van der Waals surface area contributed by atoms with E-state index in [0.717, 1.165) is 41.1 Å². The van der Waals surface area contributed by atoms with Gasteiger partial charge in [0.2, 0.25) is 0 Å². The summed E-state index contributed by atoms with van der Waals surface area (Å²) in [5.74, 6) is -0.920. The van der Waals surface area contributed by atoms with Gasteiger partial charge in [-0.3, -0.25) is 29.0 Å². The number of nitrogens with two attached hydrogens (primary N) is 2. The number of amides is 4. The van der Waals surface area contributed by atoms with Crippen LogP contribution >= 0.6 is 0 Å². The van der Waals surface area contributed by atoms with Crippen LogP contribution < -0.4 is 10.6 Å². The Morgan fingerprint density at radius 2 is 0.795 bits per heavy atom. The molecule has 2 aliphatic rings. The molecular formula is C31H30N4O4+2. The Kier molecular flexibility index (Phi) is 6.64. The lowest BCUT2D eigenvalue weighted by Crippen LogP contribution is -2.89. The van der Waals surface area contributed by atoms with E-state index in [4.69, 9.17) is 0 Å². The molecule has 39 heavy (non-hydrogen) atoms. The minimum Gasteiger partial charge on any atom is -0.345 e. The number of imide groups is 2. The van der Waals surface area contributed by atoms with Crippen molar-refractivity contribution in [3.63, 3.8) is 0 Å². The van der Waals surface area contributed by atoms with Gasteiger partial charge in [-0.2, -0.15) is 0 Å². The molecule has 196 valence electrons. The topological polar surface area (TPSA) is 108 Å². The Labute approximate surface area is 225 Å². The highest BCUT2D eigenvalue weighted by molar-refractivity contribution is 6.26. The van der Waals surface area contributed by atoms with E-state index >= 15 is 0 Å². The summed E-state index contributed by atoms with van der Waals surface area (Å²) >= 11 is 0. The first-order valence-corrected chi connectivity index (χ1v) is 13.5. The summed E-state index contributed by atoms with van der Waals surface area (Å²) < 4.78 is 0. The van der Waals surface area contributed by atoms with Gasteiger partial charge in [0.25, 0.3) is 23.6 Å². The van der Waals surface area contributed by atoms with Crippen molar-refractivity contribution in [3.05, 3.63) is 95.1 Å². The summed E-state index contributed by atoms with van der Waals surface area (Å²) in [7, 11) is 0. The predicted molar refractivity (Wildman–Crippen MR) is 147 cm³/mol. The smallest absolute Gasteiger partial charge is 0.261 e. The molecule has 2 aliphatic heterocycles. The summed E-state index contributed by atoms with van der Waals surface area (Å²) in [6.45, 7) is 3.71. The third-order valence-corrected chi connectivity index (χ3v) is 7.64. The molecule has 0 bridgehead atoms. The van der Waals surface area contributed by atoms with E-state index in [1.54, 1.807) is 24.3 Å². The lowest BCUT2D eigenvalue weighted by molar-refractivity contribution is -0.679. The SMILES string of the molecule is O=C1c2cccc3cccc(c23)C(=O)N1CC[NH2+]CCC[NH2+]CCN1C(=O)c2cccc3cccc(c23)C1=O. The number of hydrogen-bond donors (Lipinski definition) is 2. The Morgan fingerprint density at radius 1 is 0.462 bits per heavy atom. The molecule has 4 N–H and O–H groups in total. The first-order chi connectivity index (χ1) is 19.1. The molecule has 2 heterocycles. The fourth-order valence-electron chi connectivity index (χ4n) is 5.70. The summed E-state index contributed by atoms with van der Waals surface area (Å²) in [4.78, 5) is 54.6. The molecule has 0 spiro atoms. The summed E-state index contributed by atoms with van der Waals surface area (Å²) in [6.07, 6.45) is 0.925. The van der Waals surface area contributed by atoms with Gasteiger partial charge in [-0.05, 0) is 35.0 Å². The van der Waals surface area contributed by atoms with E-state index in [-0.39, 0.29) is 23.6 Å². The van der Waals surface area contributed by atoms with Crippen LogP contribution in [0.25, 0.3) is 21.5 Å². The minimum absolute atomic E-state index is 0.230. The first kappa shape index (κ1) is 24.9. The lowest BCUT2D eigenvalue weighted by atomic mass is 9.94. The van der Waals surface area contributed by atoms with Gasteiger partial charge in [-0.25, -0.2) is 0 Å². The summed E-state index contributed by atoms with van der Waals surface area (Å²) in [5.41, 5.74) is 2.34. The number of benzene rings is 4. The van der Waals surface area contributed by atoms with Crippen LogP contribution in [0.4, 0.5) is 0 Å². The molecule has 0 saturated carbocycles. The molecule has 0 aromatic heterocycles. The van der Waals surface area contributed by atoms with Gasteiger partial charge in [0.1, 0.15) is 0 Å². The van der Waals surface area contributed by atoms with Crippen molar-refractivity contribution >= 4 is 45.2 Å². The highest BCUT2D eigenvalue weighted by Crippen LogP contribution is 2.30. The molecule has 4 amide bonds. The normalized spacial score (nSPS) is 14.7. The van der Waals surface area contributed by atoms with Crippen LogP contribution in [-0.4, -0.2) is 72.7 Å². The maximum Gasteiger partial charge on any atom is 0.261 e. The molecule has 8 heteroatoms. The Balaban J connectivity index is 0.937. The molecule has 0 saturated heterocycles. The number of carbonyl (C=O) groups is 4. The minimum atomic E-state index is -0.230. The molecule has 8 nitrogen and oxygen atoms in total. The molecule has 4 aromatic carbocycles. The second kappa shape index (κ2) is 10.4. The van der Waals surface area contributed by atoms with E-state index in [1.807, 2.05) is 48.5 Å². The van der Waals surface area contributed by atoms with Gasteiger partial charge in [-0.1, -0.05) is 48.5 Å². The first-order valence-electron chi connectivity index (χ1n) is 13.5. The maximum atomic E-state index is 13.0.